The van der Waals surface area contributed by atoms with E-state index < -0.39 is 11.9 Å². The van der Waals surface area contributed by atoms with E-state index in [1.165, 1.54) is 0 Å². The number of nitrogens with one attached hydrogen (secondary N) is 4. The summed E-state index contributed by atoms with van der Waals surface area (Å²) in [6, 6.07) is 0. The molecule has 0 aliphatic carbocycles. The van der Waals surface area contributed by atoms with Crippen molar-refractivity contribution in [3.05, 3.63) is 79.7 Å². The zero-order valence-corrected chi connectivity index (χ0v) is 26.6. The van der Waals surface area contributed by atoms with Crippen LogP contribution < -0.4 is 10.6 Å². The Morgan fingerprint density at radius 3 is 1.86 bits per heavy atom. The molecular formula is C33H40N4O6S. The van der Waals surface area contributed by atoms with Gasteiger partial charge in [-0.15, -0.1) is 0 Å². The Bertz CT molecular complexity index is 1640. The van der Waals surface area contributed by atoms with Gasteiger partial charge in [0.1, 0.15) is 0 Å². The van der Waals surface area contributed by atoms with Gasteiger partial charge >= 0.3 is 11.9 Å². The first-order chi connectivity index (χ1) is 20.9. The molecule has 2 atom stereocenters. The van der Waals surface area contributed by atoms with Gasteiger partial charge in [-0.1, -0.05) is 19.1 Å². The van der Waals surface area contributed by atoms with Crippen LogP contribution in [0.5, 0.6) is 0 Å². The number of amides is 2. The number of aromatic amines is 2. The number of aliphatic carboxylic acids is 2. The lowest BCUT2D eigenvalue weighted by molar-refractivity contribution is -0.138. The first-order valence-electron chi connectivity index (χ1n) is 14.7. The van der Waals surface area contributed by atoms with Crippen LogP contribution in [0, 0.1) is 25.7 Å². The first-order valence-corrected chi connectivity index (χ1v) is 15.4. The number of carboxylic acids is 2. The second kappa shape index (κ2) is 13.6. The molecule has 0 aromatic carbocycles. The fraction of sp³-hybridized carbons (Fsp3) is 0.394. The van der Waals surface area contributed by atoms with Gasteiger partial charge in [-0.25, -0.2) is 0 Å². The van der Waals surface area contributed by atoms with E-state index in [9.17, 15) is 29.4 Å². The Kier molecular flexibility index (Phi) is 10.1. The molecule has 2 aromatic rings. The van der Waals surface area contributed by atoms with E-state index >= 15 is 0 Å². The summed E-state index contributed by atoms with van der Waals surface area (Å²) in [4.78, 5) is 54.9. The summed E-state index contributed by atoms with van der Waals surface area (Å²) in [5.74, 6) is -1.98. The van der Waals surface area contributed by atoms with Crippen LogP contribution in [0.2, 0.25) is 0 Å². The number of rotatable bonds is 11. The van der Waals surface area contributed by atoms with Crippen molar-refractivity contribution in [1.82, 2.24) is 20.6 Å². The molecule has 11 heteroatoms. The van der Waals surface area contributed by atoms with E-state index in [2.05, 4.69) is 33.2 Å². The second-order valence-electron chi connectivity index (χ2n) is 11.3. The summed E-state index contributed by atoms with van der Waals surface area (Å²) in [5, 5.41) is 24.8. The molecule has 0 radical (unpaired) electrons. The molecular weight excluding hydrogens is 580 g/mol. The third kappa shape index (κ3) is 6.77. The molecule has 6 N–H and O–H groups in total. The molecule has 2 aromatic heterocycles. The molecule has 2 saturated heterocycles. The topological polar surface area (TPSA) is 164 Å². The molecule has 2 aliphatic rings. The minimum atomic E-state index is -0.910. The van der Waals surface area contributed by atoms with Crippen LogP contribution in [-0.2, 0) is 38.4 Å². The minimum Gasteiger partial charge on any atom is -0.481 e. The molecule has 10 nitrogen and oxygen atoms in total. The van der Waals surface area contributed by atoms with Gasteiger partial charge in [0.2, 0.25) is 5.91 Å². The smallest absolute Gasteiger partial charge is 0.303 e. The van der Waals surface area contributed by atoms with Gasteiger partial charge in [0.25, 0.3) is 5.91 Å². The summed E-state index contributed by atoms with van der Waals surface area (Å²) in [6.07, 6.45) is 8.37. The second-order valence-corrected chi connectivity index (χ2v) is 11.7. The van der Waals surface area contributed by atoms with Crippen molar-refractivity contribution < 1.29 is 29.4 Å². The molecule has 2 fully saturated rings. The normalized spacial score (nSPS) is 22.0. The highest BCUT2D eigenvalue weighted by Crippen LogP contribution is 2.33. The first kappa shape index (κ1) is 32.7. The molecule has 4 rings (SSSR count). The van der Waals surface area contributed by atoms with Crippen molar-refractivity contribution in [2.45, 2.75) is 66.7 Å². The van der Waals surface area contributed by atoms with Crippen LogP contribution >= 0.6 is 12.6 Å². The van der Waals surface area contributed by atoms with E-state index in [0.29, 0.717) is 36.3 Å². The van der Waals surface area contributed by atoms with Gasteiger partial charge in [0.15, 0.2) is 0 Å². The zero-order valence-electron chi connectivity index (χ0n) is 25.7. The minimum absolute atomic E-state index is 0.0529. The van der Waals surface area contributed by atoms with Crippen molar-refractivity contribution in [3.8, 4) is 0 Å². The van der Waals surface area contributed by atoms with E-state index in [1.807, 2.05) is 52.8 Å². The lowest BCUT2D eigenvalue weighted by Gasteiger charge is -2.07. The van der Waals surface area contributed by atoms with Crippen LogP contribution in [0.25, 0.3) is 12.2 Å². The number of hydrogen-bond donors (Lipinski definition) is 7. The highest BCUT2D eigenvalue weighted by Gasteiger charge is 2.31. The van der Waals surface area contributed by atoms with Crippen molar-refractivity contribution in [1.29, 1.82) is 0 Å². The fourth-order valence-corrected chi connectivity index (χ4v) is 6.26. The number of H-pyrrole nitrogens is 2. The van der Waals surface area contributed by atoms with E-state index in [1.54, 1.807) is 6.08 Å². The number of aromatic nitrogens is 2. The van der Waals surface area contributed by atoms with Gasteiger partial charge < -0.3 is 30.8 Å². The van der Waals surface area contributed by atoms with Gasteiger partial charge in [0, 0.05) is 70.7 Å². The quantitative estimate of drug-likeness (QED) is 0.143. The molecule has 0 spiro atoms. The summed E-state index contributed by atoms with van der Waals surface area (Å²) in [5.41, 5.74) is 9.66. The zero-order chi connectivity index (χ0) is 32.3. The van der Waals surface area contributed by atoms with E-state index in [4.69, 9.17) is 0 Å². The maximum atomic E-state index is 12.4. The van der Waals surface area contributed by atoms with Gasteiger partial charge in [-0.3, -0.25) is 19.2 Å². The SMILES string of the molecule is C/C=C1\C(=O)N/C(=C\c2[nH]c(Cc3[nH]c(/C=C4\NC(=O)[C@@H](C)\C4=C/CS)c(C)c3CCC(=O)O)c(CCC(=O)O)c2C)C1C. The van der Waals surface area contributed by atoms with Crippen molar-refractivity contribution >= 4 is 48.5 Å². The lowest BCUT2D eigenvalue weighted by atomic mass is 9.97. The fourth-order valence-electron chi connectivity index (χ4n) is 6.06. The largest absolute Gasteiger partial charge is 0.481 e. The van der Waals surface area contributed by atoms with Crippen molar-refractivity contribution in [3.63, 3.8) is 0 Å². The summed E-state index contributed by atoms with van der Waals surface area (Å²) >= 11 is 4.31. The Hall–Kier alpha value is -4.25. The molecule has 234 valence electrons. The third-order valence-corrected chi connectivity index (χ3v) is 8.82. The maximum absolute atomic E-state index is 12.4. The molecule has 0 saturated carbocycles. The van der Waals surface area contributed by atoms with Crippen molar-refractivity contribution in [2.24, 2.45) is 11.8 Å². The van der Waals surface area contributed by atoms with Crippen LogP contribution in [0.1, 0.15) is 78.6 Å². The van der Waals surface area contributed by atoms with Gasteiger partial charge in [0.05, 0.1) is 5.92 Å². The standard InChI is InChI=1S/C33H40N4O6S/c1-6-20-16(2)26(36-33(20)43)13-24-17(3)21(7-9-30(38)39)27(34-24)15-28-22(8-10-31(40)41)18(4)25(35-28)14-29-23(11-12-44)19(5)32(42)37-29/h6,11,13-14,16,19,34-35,44H,7-10,12,15H2,1-5H3,(H,36,43)(H,37,42)(H,38,39)(H,40,41)/b20-6-,23-11+,26-13-,29-14-/t16?,19-/m0/s1. The molecule has 44 heavy (non-hydrogen) atoms. The van der Waals surface area contributed by atoms with Crippen LogP contribution in [0.15, 0.2) is 34.7 Å². The Morgan fingerprint density at radius 1 is 0.841 bits per heavy atom. The Morgan fingerprint density at radius 2 is 1.39 bits per heavy atom. The monoisotopic (exact) mass is 620 g/mol. The molecule has 2 aliphatic heterocycles. The number of hydrogen-bond acceptors (Lipinski definition) is 5. The molecule has 0 bridgehead atoms. The number of carboxylic acid groups (broad SMARTS) is 2. The van der Waals surface area contributed by atoms with Crippen LogP contribution in [0.3, 0.4) is 0 Å². The van der Waals surface area contributed by atoms with Crippen LogP contribution in [0.4, 0.5) is 0 Å². The third-order valence-electron chi connectivity index (χ3n) is 8.64. The summed E-state index contributed by atoms with van der Waals surface area (Å²) in [6.45, 7) is 9.49. The highest BCUT2D eigenvalue weighted by molar-refractivity contribution is 7.80. The summed E-state index contributed by atoms with van der Waals surface area (Å²) < 4.78 is 0. The maximum Gasteiger partial charge on any atom is 0.303 e. The number of allylic oxidation sites excluding steroid dienone is 3. The van der Waals surface area contributed by atoms with Crippen LogP contribution in [-0.4, -0.2) is 49.7 Å². The van der Waals surface area contributed by atoms with Gasteiger partial charge in [-0.2, -0.15) is 12.6 Å². The Balaban J connectivity index is 1.79. The van der Waals surface area contributed by atoms with E-state index in [-0.39, 0.29) is 36.5 Å². The predicted octanol–water partition coefficient (Wildman–Crippen LogP) is 4.60. The molecule has 4 heterocycles. The molecule has 2 amide bonds. The highest BCUT2D eigenvalue weighted by atomic mass is 32.1. The average molecular weight is 621 g/mol. The number of carbonyl (C=O) groups excluding carboxylic acids is 2. The van der Waals surface area contributed by atoms with Crippen molar-refractivity contribution in [2.75, 3.05) is 5.75 Å². The molecule has 1 unspecified atom stereocenters. The summed E-state index contributed by atoms with van der Waals surface area (Å²) in [7, 11) is 0. The Labute approximate surface area is 262 Å². The lowest BCUT2D eigenvalue weighted by Crippen LogP contribution is -2.16. The number of thiol groups is 1. The van der Waals surface area contributed by atoms with Gasteiger partial charge in [-0.05, 0) is 80.5 Å². The number of carbonyl (C=O) groups is 4. The predicted molar refractivity (Wildman–Crippen MR) is 172 cm³/mol. The van der Waals surface area contributed by atoms with E-state index in [0.717, 1.165) is 56.3 Å². The average Bonchev–Trinajstić information content (AvgIpc) is 3.60.